The maximum atomic E-state index is 9.21. The molecule has 0 radical (unpaired) electrons. The minimum atomic E-state index is -0.0495. The SMILES string of the molecule is C[N+]1(c2ccc(Cl)cc2)C=CN=C1CO. The summed E-state index contributed by atoms with van der Waals surface area (Å²) in [6.07, 6.45) is 3.63. The highest BCUT2D eigenvalue weighted by atomic mass is 35.5. The molecule has 4 heteroatoms. The third-order valence-corrected chi connectivity index (χ3v) is 2.88. The Hall–Kier alpha value is -1.16. The molecule has 1 aliphatic heterocycles. The lowest BCUT2D eigenvalue weighted by Gasteiger charge is -2.26. The number of nitrogens with zero attached hydrogens (tertiary/aromatic N) is 2. The second kappa shape index (κ2) is 3.77. The number of hydrogen-bond acceptors (Lipinski definition) is 2. The highest BCUT2D eigenvalue weighted by Crippen LogP contribution is 2.27. The number of halogens is 1. The van der Waals surface area contributed by atoms with E-state index in [1.54, 1.807) is 6.20 Å². The molecule has 0 saturated heterocycles. The number of amidine groups is 1. The van der Waals surface area contributed by atoms with Gasteiger partial charge in [-0.15, -0.1) is 0 Å². The van der Waals surface area contributed by atoms with E-state index in [4.69, 9.17) is 11.6 Å². The number of aliphatic imine (C=N–C) groups is 1. The van der Waals surface area contributed by atoms with Gasteiger partial charge in [-0.2, -0.15) is 0 Å². The molecule has 0 fully saturated rings. The summed E-state index contributed by atoms with van der Waals surface area (Å²) in [6.45, 7) is -0.0495. The fraction of sp³-hybridized carbons (Fsp3) is 0.182. The molecule has 1 unspecified atom stereocenters. The van der Waals surface area contributed by atoms with Gasteiger partial charge in [0.05, 0.1) is 13.2 Å². The number of benzene rings is 1. The van der Waals surface area contributed by atoms with Crippen molar-refractivity contribution >= 4 is 23.1 Å². The standard InChI is InChI=1S/C11H12ClN2O/c1-14(7-6-13-11(14)8-15)10-4-2-9(12)3-5-10/h2-7,15H,8H2,1H3/q+1. The minimum absolute atomic E-state index is 0.0495. The Labute approximate surface area is 93.5 Å². The van der Waals surface area contributed by atoms with Crippen LogP contribution in [0.5, 0.6) is 0 Å². The molecule has 0 spiro atoms. The van der Waals surface area contributed by atoms with Crippen LogP contribution in [-0.4, -0.2) is 24.6 Å². The number of aliphatic hydroxyl groups excluding tert-OH is 1. The second-order valence-electron chi connectivity index (χ2n) is 3.55. The monoisotopic (exact) mass is 223 g/mol. The van der Waals surface area contributed by atoms with Gasteiger partial charge in [0, 0.05) is 17.2 Å². The van der Waals surface area contributed by atoms with Gasteiger partial charge in [-0.1, -0.05) is 11.6 Å². The summed E-state index contributed by atoms with van der Waals surface area (Å²) in [5.41, 5.74) is 1.03. The molecular formula is C11H12ClN2O+. The highest BCUT2D eigenvalue weighted by Gasteiger charge is 2.32. The smallest absolute Gasteiger partial charge is 0.238 e. The molecule has 1 aromatic rings. The van der Waals surface area contributed by atoms with Crippen LogP contribution in [0.15, 0.2) is 41.7 Å². The zero-order valence-electron chi connectivity index (χ0n) is 8.39. The fourth-order valence-corrected chi connectivity index (χ4v) is 1.76. The first-order chi connectivity index (χ1) is 7.16. The van der Waals surface area contributed by atoms with E-state index in [-0.39, 0.29) is 6.61 Å². The highest BCUT2D eigenvalue weighted by molar-refractivity contribution is 6.30. The Morgan fingerprint density at radius 2 is 2.00 bits per heavy atom. The first-order valence-electron chi connectivity index (χ1n) is 4.65. The van der Waals surface area contributed by atoms with Crippen molar-refractivity contribution in [2.24, 2.45) is 4.99 Å². The van der Waals surface area contributed by atoms with E-state index in [0.29, 0.717) is 15.3 Å². The predicted octanol–water partition coefficient (Wildman–Crippen LogP) is 2.15. The van der Waals surface area contributed by atoms with Gasteiger partial charge >= 0.3 is 0 Å². The lowest BCUT2D eigenvalue weighted by atomic mass is 10.2. The van der Waals surface area contributed by atoms with Gasteiger partial charge in [0.25, 0.3) is 0 Å². The fourth-order valence-electron chi connectivity index (χ4n) is 1.63. The van der Waals surface area contributed by atoms with Gasteiger partial charge in [0.1, 0.15) is 18.5 Å². The Morgan fingerprint density at radius 3 is 2.60 bits per heavy atom. The molecule has 1 heterocycles. The van der Waals surface area contributed by atoms with Crippen LogP contribution < -0.4 is 4.48 Å². The Balaban J connectivity index is 2.42. The van der Waals surface area contributed by atoms with Crippen molar-refractivity contribution in [2.75, 3.05) is 13.7 Å². The number of likely N-dealkylation sites (N-methyl/N-ethyl adjacent to an activating group) is 1. The van der Waals surface area contributed by atoms with Crippen molar-refractivity contribution in [1.29, 1.82) is 0 Å². The van der Waals surface area contributed by atoms with Crippen molar-refractivity contribution in [2.45, 2.75) is 0 Å². The third-order valence-electron chi connectivity index (χ3n) is 2.63. The molecule has 0 amide bonds. The van der Waals surface area contributed by atoms with Gasteiger partial charge in [0.2, 0.25) is 5.84 Å². The summed E-state index contributed by atoms with van der Waals surface area (Å²) in [5, 5.41) is 9.91. The van der Waals surface area contributed by atoms with E-state index in [2.05, 4.69) is 4.99 Å². The molecular weight excluding hydrogens is 212 g/mol. The largest absolute Gasteiger partial charge is 0.384 e. The summed E-state index contributed by atoms with van der Waals surface area (Å²) < 4.78 is 0.410. The minimum Gasteiger partial charge on any atom is -0.384 e. The lowest BCUT2D eigenvalue weighted by Crippen LogP contribution is -2.45. The summed E-state index contributed by atoms with van der Waals surface area (Å²) in [4.78, 5) is 4.13. The van der Waals surface area contributed by atoms with Crippen LogP contribution in [0.4, 0.5) is 5.69 Å². The number of hydrogen-bond donors (Lipinski definition) is 1. The molecule has 1 aliphatic rings. The van der Waals surface area contributed by atoms with Crippen LogP contribution in [-0.2, 0) is 0 Å². The van der Waals surface area contributed by atoms with Gasteiger partial charge in [0.15, 0.2) is 0 Å². The molecule has 0 aromatic heterocycles. The molecule has 0 bridgehead atoms. The van der Waals surface area contributed by atoms with Gasteiger partial charge in [-0.25, -0.2) is 9.48 Å². The Kier molecular flexibility index (Phi) is 2.61. The number of rotatable bonds is 2. The third kappa shape index (κ3) is 1.69. The number of aliphatic hydroxyl groups is 1. The molecule has 0 aliphatic carbocycles. The maximum absolute atomic E-state index is 9.21. The van der Waals surface area contributed by atoms with Crippen LogP contribution in [0.25, 0.3) is 0 Å². The normalized spacial score (nSPS) is 24.3. The van der Waals surface area contributed by atoms with Crippen LogP contribution in [0.2, 0.25) is 5.02 Å². The van der Waals surface area contributed by atoms with Crippen LogP contribution in [0.1, 0.15) is 0 Å². The average molecular weight is 224 g/mol. The predicted molar refractivity (Wildman–Crippen MR) is 62.8 cm³/mol. The van der Waals surface area contributed by atoms with E-state index < -0.39 is 0 Å². The van der Waals surface area contributed by atoms with Crippen LogP contribution >= 0.6 is 11.6 Å². The second-order valence-corrected chi connectivity index (χ2v) is 3.99. The van der Waals surface area contributed by atoms with E-state index in [9.17, 15) is 5.11 Å². The summed E-state index contributed by atoms with van der Waals surface area (Å²) in [6, 6.07) is 7.54. The van der Waals surface area contributed by atoms with Gasteiger partial charge in [-0.3, -0.25) is 0 Å². The topological polar surface area (TPSA) is 32.6 Å². The lowest BCUT2D eigenvalue weighted by molar-refractivity contribution is 0.344. The van der Waals surface area contributed by atoms with E-state index in [0.717, 1.165) is 5.69 Å². The average Bonchev–Trinajstić information content (AvgIpc) is 2.61. The molecule has 1 atom stereocenters. The first-order valence-corrected chi connectivity index (χ1v) is 5.03. The van der Waals surface area contributed by atoms with Crippen molar-refractivity contribution in [3.63, 3.8) is 0 Å². The van der Waals surface area contributed by atoms with E-state index >= 15 is 0 Å². The molecule has 3 nitrogen and oxygen atoms in total. The molecule has 1 aromatic carbocycles. The Morgan fingerprint density at radius 1 is 1.33 bits per heavy atom. The van der Waals surface area contributed by atoms with Gasteiger partial charge < -0.3 is 5.11 Å². The Bertz CT molecular complexity index is 425. The van der Waals surface area contributed by atoms with E-state index in [1.807, 2.05) is 37.5 Å². The molecule has 15 heavy (non-hydrogen) atoms. The molecule has 0 saturated carbocycles. The number of quaternary nitrogens is 1. The molecule has 78 valence electrons. The van der Waals surface area contributed by atoms with Gasteiger partial charge in [-0.05, 0) is 12.1 Å². The van der Waals surface area contributed by atoms with Crippen molar-refractivity contribution in [3.8, 4) is 0 Å². The molecule has 2 rings (SSSR count). The zero-order chi connectivity index (χ0) is 10.9. The summed E-state index contributed by atoms with van der Waals surface area (Å²) >= 11 is 5.83. The summed E-state index contributed by atoms with van der Waals surface area (Å²) in [7, 11) is 1.97. The first kappa shape index (κ1) is 10.4. The summed E-state index contributed by atoms with van der Waals surface area (Å²) in [5.74, 6) is 0.706. The maximum Gasteiger partial charge on any atom is 0.238 e. The quantitative estimate of drug-likeness (QED) is 0.766. The van der Waals surface area contributed by atoms with Crippen molar-refractivity contribution in [1.82, 2.24) is 4.48 Å². The molecule has 1 N–H and O–H groups in total. The zero-order valence-corrected chi connectivity index (χ0v) is 9.15. The van der Waals surface area contributed by atoms with Crippen molar-refractivity contribution < 1.29 is 5.11 Å². The van der Waals surface area contributed by atoms with Crippen LogP contribution in [0, 0.1) is 0 Å². The van der Waals surface area contributed by atoms with E-state index in [1.165, 1.54) is 0 Å². The van der Waals surface area contributed by atoms with Crippen LogP contribution in [0.3, 0.4) is 0 Å². The van der Waals surface area contributed by atoms with Crippen molar-refractivity contribution in [3.05, 3.63) is 41.7 Å².